The molecule has 0 atom stereocenters. The predicted octanol–water partition coefficient (Wildman–Crippen LogP) is 8.47. The number of rotatable bonds is 8. The Kier molecular flexibility index (Phi) is 8.29. The highest BCUT2D eigenvalue weighted by Gasteiger charge is 2.23. The normalized spacial score (nSPS) is 11.0. The molecule has 0 aliphatic heterocycles. The third kappa shape index (κ3) is 5.72. The molecule has 4 aromatic rings. The molecule has 4 rings (SSSR count). The first-order valence-electron chi connectivity index (χ1n) is 11.3. The zero-order valence-electron chi connectivity index (χ0n) is 19.5. The van der Waals surface area contributed by atoms with E-state index in [4.69, 9.17) is 49.5 Å². The van der Waals surface area contributed by atoms with Gasteiger partial charge in [-0.3, -0.25) is 0 Å². The second kappa shape index (κ2) is 11.4. The van der Waals surface area contributed by atoms with Crippen LogP contribution >= 0.6 is 34.8 Å². The van der Waals surface area contributed by atoms with Crippen molar-refractivity contribution in [1.82, 2.24) is 9.97 Å². The maximum absolute atomic E-state index is 13.7. The average molecular weight is 549 g/mol. The summed E-state index contributed by atoms with van der Waals surface area (Å²) in [4.78, 5) is 11.5. The summed E-state index contributed by atoms with van der Waals surface area (Å²) >= 11 is 18.9. The van der Waals surface area contributed by atoms with Crippen molar-refractivity contribution in [3.05, 3.63) is 92.9 Å². The Hall–Kier alpha value is -2.93. The van der Waals surface area contributed by atoms with Crippen LogP contribution in [0.4, 0.5) is 14.6 Å². The van der Waals surface area contributed by atoms with Gasteiger partial charge in [-0.25, -0.2) is 8.78 Å². The number of hydrogen-bond acceptors (Lipinski definition) is 4. The molecule has 0 aliphatic carbocycles. The molecule has 0 aliphatic rings. The lowest BCUT2D eigenvalue weighted by Crippen LogP contribution is -2.24. The standard InChI is InChI=1S/C27H22Cl3F2N3O/c1-3-35(4-2)26-24(17-6-8-18(28)9-7-17)25(20-11-10-19(29)14-21(20)30)33-27(34-26)36-15-16-5-12-22(31)23(32)13-16/h5-14H,3-4,15H2,1-2H3. The fourth-order valence-corrected chi connectivity index (χ4v) is 4.41. The molecule has 0 unspecified atom stereocenters. The van der Waals surface area contributed by atoms with Gasteiger partial charge >= 0.3 is 6.01 Å². The van der Waals surface area contributed by atoms with Crippen LogP contribution in [0.2, 0.25) is 15.1 Å². The van der Waals surface area contributed by atoms with E-state index in [1.807, 2.05) is 26.0 Å². The maximum atomic E-state index is 13.7. The summed E-state index contributed by atoms with van der Waals surface area (Å²) in [6.45, 7) is 5.33. The van der Waals surface area contributed by atoms with Gasteiger partial charge < -0.3 is 9.64 Å². The van der Waals surface area contributed by atoms with Gasteiger partial charge in [0, 0.05) is 28.7 Å². The van der Waals surface area contributed by atoms with Crippen molar-refractivity contribution in [2.75, 3.05) is 18.0 Å². The zero-order chi connectivity index (χ0) is 25.8. The number of nitrogens with zero attached hydrogens (tertiary/aromatic N) is 3. The summed E-state index contributed by atoms with van der Waals surface area (Å²) in [6.07, 6.45) is 0. The molecule has 4 nitrogen and oxygen atoms in total. The van der Waals surface area contributed by atoms with Crippen LogP contribution in [-0.2, 0) is 6.61 Å². The minimum Gasteiger partial charge on any atom is -0.459 e. The van der Waals surface area contributed by atoms with Crippen LogP contribution in [0.1, 0.15) is 19.4 Å². The van der Waals surface area contributed by atoms with E-state index in [0.717, 1.165) is 23.3 Å². The quantitative estimate of drug-likeness (QED) is 0.221. The van der Waals surface area contributed by atoms with E-state index in [0.29, 0.717) is 50.8 Å². The molecule has 0 fully saturated rings. The van der Waals surface area contributed by atoms with Crippen molar-refractivity contribution >= 4 is 40.6 Å². The third-order valence-corrected chi connectivity index (χ3v) is 6.40. The summed E-state index contributed by atoms with van der Waals surface area (Å²) in [5, 5.41) is 1.50. The SMILES string of the molecule is CCN(CC)c1nc(OCc2ccc(F)c(F)c2)nc(-c2ccc(Cl)cc2Cl)c1-c1ccc(Cl)cc1. The van der Waals surface area contributed by atoms with Crippen molar-refractivity contribution in [1.29, 1.82) is 0 Å². The van der Waals surface area contributed by atoms with E-state index < -0.39 is 11.6 Å². The van der Waals surface area contributed by atoms with E-state index in [-0.39, 0.29) is 12.6 Å². The minimum absolute atomic E-state index is 0.0526. The summed E-state index contributed by atoms with van der Waals surface area (Å²) < 4.78 is 32.9. The molecule has 1 aromatic heterocycles. The fraction of sp³-hybridized carbons (Fsp3) is 0.185. The van der Waals surface area contributed by atoms with Crippen LogP contribution in [-0.4, -0.2) is 23.1 Å². The summed E-state index contributed by atoms with van der Waals surface area (Å²) in [6, 6.07) is 16.2. The molecule has 0 saturated heterocycles. The molecule has 9 heteroatoms. The van der Waals surface area contributed by atoms with Crippen LogP contribution in [0, 0.1) is 11.6 Å². The van der Waals surface area contributed by atoms with Gasteiger partial charge in [-0.15, -0.1) is 0 Å². The number of benzene rings is 3. The topological polar surface area (TPSA) is 38.2 Å². The van der Waals surface area contributed by atoms with Crippen LogP contribution in [0.3, 0.4) is 0 Å². The highest BCUT2D eigenvalue weighted by molar-refractivity contribution is 6.36. The van der Waals surface area contributed by atoms with Gasteiger partial charge in [-0.2, -0.15) is 9.97 Å². The summed E-state index contributed by atoms with van der Waals surface area (Å²) in [5.74, 6) is -1.24. The molecular formula is C27H22Cl3F2N3O. The molecule has 0 radical (unpaired) electrons. The Balaban J connectivity index is 1.90. The van der Waals surface area contributed by atoms with Crippen molar-refractivity contribution in [2.24, 2.45) is 0 Å². The second-order valence-corrected chi connectivity index (χ2v) is 9.17. The highest BCUT2D eigenvalue weighted by atomic mass is 35.5. The van der Waals surface area contributed by atoms with Gasteiger partial charge in [0.05, 0.1) is 16.3 Å². The van der Waals surface area contributed by atoms with Crippen LogP contribution < -0.4 is 9.64 Å². The zero-order valence-corrected chi connectivity index (χ0v) is 21.8. The van der Waals surface area contributed by atoms with Crippen LogP contribution in [0.5, 0.6) is 6.01 Å². The lowest BCUT2D eigenvalue weighted by atomic mass is 9.99. The fourth-order valence-electron chi connectivity index (χ4n) is 3.78. The molecular weight excluding hydrogens is 527 g/mol. The first-order valence-corrected chi connectivity index (χ1v) is 12.4. The lowest BCUT2D eigenvalue weighted by molar-refractivity contribution is 0.280. The number of anilines is 1. The summed E-state index contributed by atoms with van der Waals surface area (Å²) in [7, 11) is 0. The van der Waals surface area contributed by atoms with Gasteiger partial charge in [0.2, 0.25) is 0 Å². The van der Waals surface area contributed by atoms with E-state index in [9.17, 15) is 8.78 Å². The van der Waals surface area contributed by atoms with Crippen molar-refractivity contribution < 1.29 is 13.5 Å². The first-order chi connectivity index (χ1) is 17.3. The number of halogens is 5. The first kappa shape index (κ1) is 26.1. The Morgan fingerprint density at radius 2 is 1.50 bits per heavy atom. The largest absolute Gasteiger partial charge is 0.459 e. The molecule has 0 spiro atoms. The van der Waals surface area contributed by atoms with Gasteiger partial charge in [-0.1, -0.05) is 53.0 Å². The molecule has 0 N–H and O–H groups in total. The monoisotopic (exact) mass is 547 g/mol. The molecule has 0 bridgehead atoms. The van der Waals surface area contributed by atoms with Gasteiger partial charge in [0.1, 0.15) is 12.4 Å². The van der Waals surface area contributed by atoms with Crippen LogP contribution in [0.25, 0.3) is 22.4 Å². The van der Waals surface area contributed by atoms with Gasteiger partial charge in [-0.05, 0) is 67.4 Å². The molecule has 186 valence electrons. The minimum atomic E-state index is -0.951. The smallest absolute Gasteiger partial charge is 0.319 e. The van der Waals surface area contributed by atoms with E-state index in [2.05, 4.69) is 4.90 Å². The molecule has 1 heterocycles. The maximum Gasteiger partial charge on any atom is 0.319 e. The number of ether oxygens (including phenoxy) is 1. The predicted molar refractivity (Wildman–Crippen MR) is 142 cm³/mol. The Bertz CT molecular complexity index is 1380. The Morgan fingerprint density at radius 1 is 0.806 bits per heavy atom. The van der Waals surface area contributed by atoms with Crippen molar-refractivity contribution in [2.45, 2.75) is 20.5 Å². The average Bonchev–Trinajstić information content (AvgIpc) is 2.86. The van der Waals surface area contributed by atoms with E-state index >= 15 is 0 Å². The van der Waals surface area contributed by atoms with Gasteiger partial charge in [0.15, 0.2) is 11.6 Å². The lowest BCUT2D eigenvalue weighted by Gasteiger charge is -2.25. The van der Waals surface area contributed by atoms with E-state index in [1.165, 1.54) is 6.07 Å². The molecule has 3 aromatic carbocycles. The molecule has 36 heavy (non-hydrogen) atoms. The van der Waals surface area contributed by atoms with Crippen molar-refractivity contribution in [3.63, 3.8) is 0 Å². The highest BCUT2D eigenvalue weighted by Crippen LogP contribution is 2.42. The second-order valence-electron chi connectivity index (χ2n) is 7.89. The molecule has 0 amide bonds. The Morgan fingerprint density at radius 3 is 2.14 bits per heavy atom. The number of hydrogen-bond donors (Lipinski definition) is 0. The number of aromatic nitrogens is 2. The van der Waals surface area contributed by atoms with Crippen molar-refractivity contribution in [3.8, 4) is 28.4 Å². The third-order valence-electron chi connectivity index (χ3n) is 5.60. The van der Waals surface area contributed by atoms with Crippen LogP contribution in [0.15, 0.2) is 60.7 Å². The van der Waals surface area contributed by atoms with E-state index in [1.54, 1.807) is 30.3 Å². The summed E-state index contributed by atoms with van der Waals surface area (Å²) in [5.41, 5.74) is 3.21. The molecule has 0 saturated carbocycles. The Labute approximate surface area is 223 Å². The van der Waals surface area contributed by atoms with Gasteiger partial charge in [0.25, 0.3) is 0 Å².